The second-order valence-corrected chi connectivity index (χ2v) is 3.63. The first-order valence-electron chi connectivity index (χ1n) is 4.66. The molecule has 0 spiro atoms. The Morgan fingerprint density at radius 2 is 2.36 bits per heavy atom. The van der Waals surface area contributed by atoms with E-state index >= 15 is 0 Å². The summed E-state index contributed by atoms with van der Waals surface area (Å²) >= 11 is 0. The van der Waals surface area contributed by atoms with Gasteiger partial charge in [-0.2, -0.15) is 0 Å². The van der Waals surface area contributed by atoms with Crippen molar-refractivity contribution in [3.05, 3.63) is 0 Å². The molecule has 2 nitrogen and oxygen atoms in total. The molecule has 0 aromatic heterocycles. The molecular formula is C9H19NO. The van der Waals surface area contributed by atoms with E-state index in [4.69, 9.17) is 0 Å². The van der Waals surface area contributed by atoms with Crippen molar-refractivity contribution < 1.29 is 5.11 Å². The summed E-state index contributed by atoms with van der Waals surface area (Å²) in [5.74, 6) is 0.768. The summed E-state index contributed by atoms with van der Waals surface area (Å²) in [6.45, 7) is 6.45. The number of hydrogen-bond acceptors (Lipinski definition) is 2. The minimum atomic E-state index is -0.197. The number of likely N-dealkylation sites (tertiary alicyclic amines) is 1. The van der Waals surface area contributed by atoms with E-state index < -0.39 is 0 Å². The predicted octanol–water partition coefficient (Wildman–Crippen LogP) is 1.45. The fraction of sp³-hybridized carbons (Fsp3) is 1.00. The molecule has 1 fully saturated rings. The van der Waals surface area contributed by atoms with Gasteiger partial charge in [0.25, 0.3) is 0 Å². The van der Waals surface area contributed by atoms with Crippen LogP contribution in [0.3, 0.4) is 0 Å². The highest BCUT2D eigenvalue weighted by Crippen LogP contribution is 2.17. The zero-order chi connectivity index (χ0) is 8.27. The lowest BCUT2D eigenvalue weighted by Crippen LogP contribution is -2.41. The first-order chi connectivity index (χ1) is 5.24. The third kappa shape index (κ3) is 2.46. The number of rotatable bonds is 2. The smallest absolute Gasteiger partial charge is 0.107 e. The molecule has 1 aliphatic rings. The van der Waals surface area contributed by atoms with Crippen LogP contribution in [0.2, 0.25) is 0 Å². The molecule has 1 N–H and O–H groups in total. The number of aliphatic hydroxyl groups is 1. The quantitative estimate of drug-likeness (QED) is 0.655. The number of hydrogen-bond donors (Lipinski definition) is 1. The molecule has 1 aliphatic heterocycles. The molecule has 0 aromatic carbocycles. The van der Waals surface area contributed by atoms with Gasteiger partial charge in [-0.3, -0.25) is 4.90 Å². The first-order valence-corrected chi connectivity index (χ1v) is 4.66. The largest absolute Gasteiger partial charge is 0.378 e. The molecule has 66 valence electrons. The van der Waals surface area contributed by atoms with Gasteiger partial charge in [0, 0.05) is 13.1 Å². The Morgan fingerprint density at radius 3 is 2.91 bits per heavy atom. The van der Waals surface area contributed by atoms with E-state index in [0.29, 0.717) is 0 Å². The lowest BCUT2D eigenvalue weighted by atomic mass is 10.00. The fourth-order valence-electron chi connectivity index (χ4n) is 1.75. The molecule has 0 radical (unpaired) electrons. The Balaban J connectivity index is 2.33. The van der Waals surface area contributed by atoms with E-state index in [2.05, 4.69) is 11.8 Å². The van der Waals surface area contributed by atoms with Crippen LogP contribution >= 0.6 is 0 Å². The van der Waals surface area contributed by atoms with Crippen molar-refractivity contribution in [1.29, 1.82) is 0 Å². The molecular weight excluding hydrogens is 138 g/mol. The van der Waals surface area contributed by atoms with Crippen LogP contribution in [0.5, 0.6) is 0 Å². The van der Waals surface area contributed by atoms with E-state index in [1.54, 1.807) is 0 Å². The summed E-state index contributed by atoms with van der Waals surface area (Å²) < 4.78 is 0. The number of nitrogens with zero attached hydrogens (tertiary/aromatic N) is 1. The molecule has 11 heavy (non-hydrogen) atoms. The number of piperidine rings is 1. The normalized spacial score (nSPS) is 30.3. The Morgan fingerprint density at radius 1 is 1.64 bits per heavy atom. The average molecular weight is 157 g/mol. The Labute approximate surface area is 69.2 Å². The second-order valence-electron chi connectivity index (χ2n) is 3.63. The zero-order valence-corrected chi connectivity index (χ0v) is 7.58. The van der Waals surface area contributed by atoms with Gasteiger partial charge < -0.3 is 5.11 Å². The van der Waals surface area contributed by atoms with E-state index in [0.717, 1.165) is 25.4 Å². The van der Waals surface area contributed by atoms with Crippen LogP contribution in [-0.2, 0) is 0 Å². The SMILES string of the molecule is CCC(O)N1CCCC(C)C1. The monoisotopic (exact) mass is 157 g/mol. The van der Waals surface area contributed by atoms with Gasteiger partial charge in [-0.25, -0.2) is 0 Å². The van der Waals surface area contributed by atoms with Crippen LogP contribution in [0.4, 0.5) is 0 Å². The highest BCUT2D eigenvalue weighted by Gasteiger charge is 2.20. The van der Waals surface area contributed by atoms with E-state index in [1.807, 2.05) is 6.92 Å². The summed E-state index contributed by atoms with van der Waals surface area (Å²) in [7, 11) is 0. The minimum absolute atomic E-state index is 0.197. The van der Waals surface area contributed by atoms with E-state index in [-0.39, 0.29) is 6.23 Å². The van der Waals surface area contributed by atoms with Gasteiger partial charge in [-0.15, -0.1) is 0 Å². The van der Waals surface area contributed by atoms with Crippen molar-refractivity contribution in [3.8, 4) is 0 Å². The molecule has 0 bridgehead atoms. The Kier molecular flexibility index (Phi) is 3.34. The lowest BCUT2D eigenvalue weighted by Gasteiger charge is -2.33. The van der Waals surface area contributed by atoms with Crippen LogP contribution in [0.1, 0.15) is 33.1 Å². The van der Waals surface area contributed by atoms with Gasteiger partial charge in [-0.05, 0) is 25.2 Å². The maximum atomic E-state index is 9.53. The van der Waals surface area contributed by atoms with Gasteiger partial charge in [0.15, 0.2) is 0 Å². The molecule has 2 atom stereocenters. The maximum Gasteiger partial charge on any atom is 0.107 e. The zero-order valence-electron chi connectivity index (χ0n) is 7.58. The highest BCUT2D eigenvalue weighted by atomic mass is 16.3. The van der Waals surface area contributed by atoms with Crippen molar-refractivity contribution in [1.82, 2.24) is 4.90 Å². The minimum Gasteiger partial charge on any atom is -0.378 e. The van der Waals surface area contributed by atoms with Crippen molar-refractivity contribution in [2.75, 3.05) is 13.1 Å². The Bertz CT molecular complexity index is 116. The van der Waals surface area contributed by atoms with E-state index in [9.17, 15) is 5.11 Å². The van der Waals surface area contributed by atoms with Crippen LogP contribution in [0.15, 0.2) is 0 Å². The van der Waals surface area contributed by atoms with Gasteiger partial charge >= 0.3 is 0 Å². The molecule has 2 unspecified atom stereocenters. The topological polar surface area (TPSA) is 23.5 Å². The second kappa shape index (κ2) is 4.07. The molecule has 1 rings (SSSR count). The summed E-state index contributed by atoms with van der Waals surface area (Å²) in [4.78, 5) is 2.19. The molecule has 1 heterocycles. The molecule has 0 saturated carbocycles. The highest BCUT2D eigenvalue weighted by molar-refractivity contribution is 4.71. The summed E-state index contributed by atoms with van der Waals surface area (Å²) in [5.41, 5.74) is 0. The lowest BCUT2D eigenvalue weighted by molar-refractivity contribution is -0.0214. The third-order valence-electron chi connectivity index (χ3n) is 2.48. The van der Waals surface area contributed by atoms with E-state index in [1.165, 1.54) is 12.8 Å². The van der Waals surface area contributed by atoms with Crippen molar-refractivity contribution >= 4 is 0 Å². The van der Waals surface area contributed by atoms with Crippen LogP contribution in [0.25, 0.3) is 0 Å². The predicted molar refractivity (Wildman–Crippen MR) is 46.3 cm³/mol. The van der Waals surface area contributed by atoms with Crippen LogP contribution in [0, 0.1) is 5.92 Å². The van der Waals surface area contributed by atoms with Crippen molar-refractivity contribution in [2.45, 2.75) is 39.3 Å². The average Bonchev–Trinajstić information content (AvgIpc) is 2.03. The molecule has 1 saturated heterocycles. The molecule has 0 aliphatic carbocycles. The van der Waals surface area contributed by atoms with Crippen molar-refractivity contribution in [2.24, 2.45) is 5.92 Å². The molecule has 2 heteroatoms. The molecule has 0 aromatic rings. The van der Waals surface area contributed by atoms with Gasteiger partial charge in [0.1, 0.15) is 6.23 Å². The maximum absolute atomic E-state index is 9.53. The summed E-state index contributed by atoms with van der Waals surface area (Å²) in [6, 6.07) is 0. The van der Waals surface area contributed by atoms with Crippen molar-refractivity contribution in [3.63, 3.8) is 0 Å². The third-order valence-corrected chi connectivity index (χ3v) is 2.48. The molecule has 0 amide bonds. The van der Waals surface area contributed by atoms with Crippen LogP contribution < -0.4 is 0 Å². The standard InChI is InChI=1S/C9H19NO/c1-3-9(11)10-6-4-5-8(2)7-10/h8-9,11H,3-7H2,1-2H3. The number of aliphatic hydroxyl groups excluding tert-OH is 1. The summed E-state index contributed by atoms with van der Waals surface area (Å²) in [6.07, 6.45) is 3.23. The Hall–Kier alpha value is -0.0800. The first kappa shape index (κ1) is 9.01. The van der Waals surface area contributed by atoms with Gasteiger partial charge in [0.05, 0.1) is 0 Å². The van der Waals surface area contributed by atoms with Gasteiger partial charge in [0.2, 0.25) is 0 Å². The van der Waals surface area contributed by atoms with Gasteiger partial charge in [-0.1, -0.05) is 13.8 Å². The summed E-state index contributed by atoms with van der Waals surface area (Å²) in [5, 5.41) is 9.53. The fourth-order valence-corrected chi connectivity index (χ4v) is 1.75. The van der Waals surface area contributed by atoms with Crippen LogP contribution in [-0.4, -0.2) is 29.3 Å².